The Balaban J connectivity index is 2.20. The maximum Gasteiger partial charge on any atom is 0.226 e. The van der Waals surface area contributed by atoms with Crippen molar-refractivity contribution in [1.82, 2.24) is 19.9 Å². The zero-order valence-electron chi connectivity index (χ0n) is 11.1. The molecule has 0 aromatic carbocycles. The average molecular weight is 248 g/mol. The van der Waals surface area contributed by atoms with Crippen LogP contribution < -0.4 is 10.6 Å². The summed E-state index contributed by atoms with van der Waals surface area (Å²) in [6, 6.07) is 0. The summed E-state index contributed by atoms with van der Waals surface area (Å²) in [5.41, 5.74) is 1.55. The van der Waals surface area contributed by atoms with E-state index in [-0.39, 0.29) is 0 Å². The third kappa shape index (κ3) is 2.88. The van der Waals surface area contributed by atoms with Gasteiger partial charge in [-0.15, -0.1) is 0 Å². The van der Waals surface area contributed by atoms with E-state index in [4.69, 9.17) is 0 Å². The van der Waals surface area contributed by atoms with Crippen molar-refractivity contribution in [1.29, 1.82) is 0 Å². The Morgan fingerprint density at radius 2 is 2.11 bits per heavy atom. The first kappa shape index (κ1) is 12.6. The first-order valence-electron chi connectivity index (χ1n) is 6.39. The van der Waals surface area contributed by atoms with Crippen molar-refractivity contribution >= 4 is 22.9 Å². The molecule has 2 aromatic heterocycles. The average Bonchev–Trinajstić information content (AvgIpc) is 2.77. The minimum atomic E-state index is 0.615. The topological polar surface area (TPSA) is 78.5 Å². The van der Waals surface area contributed by atoms with Crippen molar-refractivity contribution in [2.75, 3.05) is 23.7 Å². The Hall–Kier alpha value is -1.85. The lowest BCUT2D eigenvalue weighted by atomic mass is 10.1. The number of anilines is 2. The lowest BCUT2D eigenvalue weighted by molar-refractivity contribution is 0.607. The molecule has 2 rings (SSSR count). The summed E-state index contributed by atoms with van der Waals surface area (Å²) in [7, 11) is 0. The summed E-state index contributed by atoms with van der Waals surface area (Å²) < 4.78 is 0. The van der Waals surface area contributed by atoms with Gasteiger partial charge in [0.15, 0.2) is 11.5 Å². The molecule has 2 heterocycles. The number of hydrogen-bond acceptors (Lipinski definition) is 5. The summed E-state index contributed by atoms with van der Waals surface area (Å²) in [5.74, 6) is 2.10. The van der Waals surface area contributed by atoms with Crippen molar-refractivity contribution in [2.45, 2.75) is 27.2 Å². The van der Waals surface area contributed by atoms with E-state index in [1.54, 1.807) is 6.33 Å². The van der Waals surface area contributed by atoms with Crippen molar-refractivity contribution in [3.05, 3.63) is 6.33 Å². The molecule has 18 heavy (non-hydrogen) atoms. The number of nitrogens with zero attached hydrogens (tertiary/aromatic N) is 3. The number of rotatable bonds is 6. The van der Waals surface area contributed by atoms with E-state index in [0.29, 0.717) is 17.5 Å². The van der Waals surface area contributed by atoms with E-state index < -0.39 is 0 Å². The lowest BCUT2D eigenvalue weighted by Crippen LogP contribution is -2.09. The molecule has 0 saturated carbocycles. The van der Waals surface area contributed by atoms with E-state index in [1.165, 1.54) is 0 Å². The quantitative estimate of drug-likeness (QED) is 0.730. The molecule has 0 unspecified atom stereocenters. The second-order valence-electron chi connectivity index (χ2n) is 4.64. The van der Waals surface area contributed by atoms with E-state index in [1.807, 2.05) is 6.92 Å². The molecule has 0 spiro atoms. The van der Waals surface area contributed by atoms with E-state index >= 15 is 0 Å². The van der Waals surface area contributed by atoms with Gasteiger partial charge in [0.1, 0.15) is 5.52 Å². The van der Waals surface area contributed by atoms with Crippen LogP contribution in [0, 0.1) is 5.92 Å². The van der Waals surface area contributed by atoms with Crippen LogP contribution in [0.1, 0.15) is 27.2 Å². The van der Waals surface area contributed by atoms with Gasteiger partial charge in [0.05, 0.1) is 6.33 Å². The minimum Gasteiger partial charge on any atom is -0.368 e. The fraction of sp³-hybridized carbons (Fsp3) is 0.583. The summed E-state index contributed by atoms with van der Waals surface area (Å²) in [4.78, 5) is 16.0. The summed E-state index contributed by atoms with van der Waals surface area (Å²) >= 11 is 0. The predicted octanol–water partition coefficient (Wildman–Crippen LogP) is 2.24. The number of aromatic nitrogens is 4. The zero-order chi connectivity index (χ0) is 13.0. The molecule has 0 aliphatic heterocycles. The second kappa shape index (κ2) is 5.66. The fourth-order valence-corrected chi connectivity index (χ4v) is 1.68. The maximum atomic E-state index is 4.46. The molecular formula is C12H20N6. The smallest absolute Gasteiger partial charge is 0.226 e. The molecular weight excluding hydrogens is 228 g/mol. The van der Waals surface area contributed by atoms with E-state index in [2.05, 4.69) is 44.4 Å². The van der Waals surface area contributed by atoms with Crippen LogP contribution in [-0.2, 0) is 0 Å². The Bertz CT molecular complexity index is 504. The van der Waals surface area contributed by atoms with Crippen molar-refractivity contribution < 1.29 is 0 Å². The molecule has 2 aromatic rings. The Labute approximate surface area is 107 Å². The van der Waals surface area contributed by atoms with Gasteiger partial charge in [-0.1, -0.05) is 13.8 Å². The van der Waals surface area contributed by atoms with Crippen molar-refractivity contribution in [3.63, 3.8) is 0 Å². The van der Waals surface area contributed by atoms with Crippen molar-refractivity contribution in [2.24, 2.45) is 5.92 Å². The van der Waals surface area contributed by atoms with Crippen LogP contribution in [0.15, 0.2) is 6.33 Å². The molecule has 0 aliphatic carbocycles. The van der Waals surface area contributed by atoms with Crippen LogP contribution in [0.25, 0.3) is 11.2 Å². The molecule has 0 radical (unpaired) electrons. The van der Waals surface area contributed by atoms with Gasteiger partial charge in [0, 0.05) is 13.1 Å². The number of imidazole rings is 1. The van der Waals surface area contributed by atoms with Gasteiger partial charge in [0.25, 0.3) is 0 Å². The minimum absolute atomic E-state index is 0.615. The summed E-state index contributed by atoms with van der Waals surface area (Å²) in [6.07, 6.45) is 2.75. The zero-order valence-corrected chi connectivity index (χ0v) is 11.1. The number of hydrogen-bond donors (Lipinski definition) is 3. The summed E-state index contributed by atoms with van der Waals surface area (Å²) in [6.45, 7) is 8.12. The first-order valence-corrected chi connectivity index (χ1v) is 6.39. The molecule has 0 aliphatic rings. The van der Waals surface area contributed by atoms with E-state index in [9.17, 15) is 0 Å². The molecule has 0 bridgehead atoms. The summed E-state index contributed by atoms with van der Waals surface area (Å²) in [5, 5.41) is 6.45. The largest absolute Gasteiger partial charge is 0.368 e. The third-order valence-corrected chi connectivity index (χ3v) is 2.63. The molecule has 0 saturated heterocycles. The number of fused-ring (bicyclic) bond motifs is 1. The molecule has 0 fully saturated rings. The Kier molecular flexibility index (Phi) is 3.96. The monoisotopic (exact) mass is 248 g/mol. The van der Waals surface area contributed by atoms with Crippen LogP contribution in [0.2, 0.25) is 0 Å². The van der Waals surface area contributed by atoms with E-state index in [0.717, 1.165) is 30.8 Å². The van der Waals surface area contributed by atoms with Crippen LogP contribution in [0.5, 0.6) is 0 Å². The highest BCUT2D eigenvalue weighted by Crippen LogP contribution is 2.18. The van der Waals surface area contributed by atoms with Crippen molar-refractivity contribution in [3.8, 4) is 0 Å². The first-order chi connectivity index (χ1) is 8.70. The van der Waals surface area contributed by atoms with Gasteiger partial charge in [-0.3, -0.25) is 0 Å². The third-order valence-electron chi connectivity index (χ3n) is 2.63. The Morgan fingerprint density at radius 3 is 2.83 bits per heavy atom. The lowest BCUT2D eigenvalue weighted by Gasteiger charge is -2.09. The standard InChI is InChI=1S/C12H20N6/c1-4-13-12-17-10(14-6-5-8(2)3)9-11(18-12)16-7-15-9/h7-8H,4-6H2,1-3H3,(H3,13,14,15,16,17,18). The van der Waals surface area contributed by atoms with Gasteiger partial charge in [-0.05, 0) is 19.3 Å². The van der Waals surface area contributed by atoms with Gasteiger partial charge in [-0.25, -0.2) is 4.98 Å². The van der Waals surface area contributed by atoms with Gasteiger partial charge < -0.3 is 15.6 Å². The van der Waals surface area contributed by atoms with Gasteiger partial charge in [0.2, 0.25) is 5.95 Å². The van der Waals surface area contributed by atoms with Crippen LogP contribution in [0.3, 0.4) is 0 Å². The maximum absolute atomic E-state index is 4.46. The molecule has 3 N–H and O–H groups in total. The number of aromatic amines is 1. The molecule has 98 valence electrons. The predicted molar refractivity (Wildman–Crippen MR) is 73.8 cm³/mol. The van der Waals surface area contributed by atoms with Crippen LogP contribution in [0.4, 0.5) is 11.8 Å². The fourth-order valence-electron chi connectivity index (χ4n) is 1.68. The van der Waals surface area contributed by atoms with Crippen LogP contribution in [-0.4, -0.2) is 33.0 Å². The normalized spacial score (nSPS) is 11.1. The Morgan fingerprint density at radius 1 is 1.28 bits per heavy atom. The van der Waals surface area contributed by atoms with Gasteiger partial charge >= 0.3 is 0 Å². The van der Waals surface area contributed by atoms with Gasteiger partial charge in [-0.2, -0.15) is 9.97 Å². The molecule has 0 amide bonds. The number of H-pyrrole nitrogens is 1. The molecule has 0 atom stereocenters. The molecule has 6 nitrogen and oxygen atoms in total. The van der Waals surface area contributed by atoms with Crippen LogP contribution >= 0.6 is 0 Å². The SMILES string of the molecule is CCNc1nc(NCCC(C)C)c2[nH]cnc2n1. The highest BCUT2D eigenvalue weighted by Gasteiger charge is 2.09. The number of nitrogens with one attached hydrogen (secondary N) is 3. The highest BCUT2D eigenvalue weighted by molar-refractivity contribution is 5.83. The second-order valence-corrected chi connectivity index (χ2v) is 4.64. The highest BCUT2D eigenvalue weighted by atomic mass is 15.2. The molecule has 6 heteroatoms.